The van der Waals surface area contributed by atoms with E-state index < -0.39 is 4.92 Å². The van der Waals surface area contributed by atoms with Gasteiger partial charge in [0.25, 0.3) is 0 Å². The molecule has 1 aromatic carbocycles. The molecule has 7 heteroatoms. The first-order valence-electron chi connectivity index (χ1n) is 5.06. The number of anilines is 1. The maximum Gasteiger partial charge on any atom is 0.311 e. The Morgan fingerprint density at radius 3 is 2.72 bits per heavy atom. The van der Waals surface area contributed by atoms with E-state index in [1.54, 1.807) is 13.0 Å². The van der Waals surface area contributed by atoms with Crippen molar-refractivity contribution < 1.29 is 9.66 Å². The molecule has 0 atom stereocenters. The van der Waals surface area contributed by atoms with Gasteiger partial charge in [-0.15, -0.1) is 0 Å². The van der Waals surface area contributed by atoms with Crippen LogP contribution in [0.15, 0.2) is 30.6 Å². The highest BCUT2D eigenvalue weighted by Crippen LogP contribution is 2.30. The number of hydrogen-bond acceptors (Lipinski definition) is 6. The number of nitrogens with zero attached hydrogens (tertiary/aromatic N) is 3. The molecule has 2 rings (SSSR count). The second kappa shape index (κ2) is 4.66. The van der Waals surface area contributed by atoms with Gasteiger partial charge in [0.15, 0.2) is 0 Å². The van der Waals surface area contributed by atoms with Gasteiger partial charge in [-0.25, -0.2) is 9.97 Å². The fourth-order valence-corrected chi connectivity index (χ4v) is 1.35. The number of benzene rings is 1. The largest absolute Gasteiger partial charge is 0.430 e. The molecule has 1 heterocycles. The predicted octanol–water partition coefficient (Wildman–Crippen LogP) is 2.07. The molecular weight excluding hydrogens is 236 g/mol. The number of nitro groups is 1. The normalized spacial score (nSPS) is 10.1. The van der Waals surface area contributed by atoms with Gasteiger partial charge in [0.05, 0.1) is 17.3 Å². The topological polar surface area (TPSA) is 104 Å². The van der Waals surface area contributed by atoms with E-state index in [2.05, 4.69) is 9.97 Å². The Morgan fingerprint density at radius 1 is 1.33 bits per heavy atom. The van der Waals surface area contributed by atoms with E-state index in [4.69, 9.17) is 10.5 Å². The second-order valence-electron chi connectivity index (χ2n) is 3.61. The van der Waals surface area contributed by atoms with Crippen molar-refractivity contribution in [2.75, 3.05) is 5.73 Å². The van der Waals surface area contributed by atoms with Crippen LogP contribution in [-0.2, 0) is 0 Å². The van der Waals surface area contributed by atoms with Crippen LogP contribution < -0.4 is 10.5 Å². The van der Waals surface area contributed by atoms with E-state index in [-0.39, 0.29) is 23.1 Å². The summed E-state index contributed by atoms with van der Waals surface area (Å²) in [6.45, 7) is 1.76. The van der Waals surface area contributed by atoms with Crippen LogP contribution in [0.1, 0.15) is 5.56 Å². The van der Waals surface area contributed by atoms with Gasteiger partial charge >= 0.3 is 5.69 Å². The highest BCUT2D eigenvalue weighted by molar-refractivity contribution is 5.49. The van der Waals surface area contributed by atoms with Crippen molar-refractivity contribution in [3.05, 3.63) is 46.3 Å². The van der Waals surface area contributed by atoms with Gasteiger partial charge in [-0.2, -0.15) is 0 Å². The van der Waals surface area contributed by atoms with Crippen LogP contribution in [0.3, 0.4) is 0 Å². The second-order valence-corrected chi connectivity index (χ2v) is 3.61. The van der Waals surface area contributed by atoms with Gasteiger partial charge in [-0.1, -0.05) is 6.07 Å². The number of ether oxygens (including phenoxy) is 1. The zero-order chi connectivity index (χ0) is 13.1. The molecule has 0 radical (unpaired) electrons. The van der Waals surface area contributed by atoms with E-state index in [9.17, 15) is 10.1 Å². The third kappa shape index (κ3) is 2.51. The van der Waals surface area contributed by atoms with Crippen molar-refractivity contribution >= 4 is 11.5 Å². The standard InChI is InChI=1S/C11H10N4O3/c1-7-2-3-9(8(4-7)15(16)17)18-11-6-13-10(12)5-14-11/h2-6H,1H3,(H2,12,13). The zero-order valence-corrected chi connectivity index (χ0v) is 9.53. The van der Waals surface area contributed by atoms with Crippen molar-refractivity contribution in [1.29, 1.82) is 0 Å². The van der Waals surface area contributed by atoms with Gasteiger partial charge in [-0.05, 0) is 18.6 Å². The first-order valence-corrected chi connectivity index (χ1v) is 5.06. The van der Waals surface area contributed by atoms with Crippen LogP contribution in [0.4, 0.5) is 11.5 Å². The van der Waals surface area contributed by atoms with Gasteiger partial charge in [0.1, 0.15) is 5.82 Å². The Kier molecular flexibility index (Phi) is 3.05. The van der Waals surface area contributed by atoms with Crippen LogP contribution >= 0.6 is 0 Å². The molecule has 1 aromatic heterocycles. The Labute approximate surface area is 102 Å². The van der Waals surface area contributed by atoms with Crippen molar-refractivity contribution in [1.82, 2.24) is 9.97 Å². The molecule has 0 unspecified atom stereocenters. The van der Waals surface area contributed by atoms with Gasteiger partial charge < -0.3 is 10.5 Å². The molecule has 0 saturated heterocycles. The number of nitrogen functional groups attached to an aromatic ring is 1. The van der Waals surface area contributed by atoms with Gasteiger partial charge in [-0.3, -0.25) is 10.1 Å². The lowest BCUT2D eigenvalue weighted by Gasteiger charge is -2.05. The third-order valence-electron chi connectivity index (χ3n) is 2.17. The summed E-state index contributed by atoms with van der Waals surface area (Å²) in [6, 6.07) is 4.67. The summed E-state index contributed by atoms with van der Waals surface area (Å²) in [5.74, 6) is 0.515. The Hall–Kier alpha value is -2.70. The summed E-state index contributed by atoms with van der Waals surface area (Å²) < 4.78 is 5.31. The minimum atomic E-state index is -0.507. The van der Waals surface area contributed by atoms with Gasteiger partial charge in [0, 0.05) is 6.07 Å². The van der Waals surface area contributed by atoms with Crippen LogP contribution in [0.25, 0.3) is 0 Å². The van der Waals surface area contributed by atoms with Crippen LogP contribution in [0, 0.1) is 17.0 Å². The lowest BCUT2D eigenvalue weighted by molar-refractivity contribution is -0.385. The number of nitrogens with two attached hydrogens (primary N) is 1. The lowest BCUT2D eigenvalue weighted by atomic mass is 10.2. The SMILES string of the molecule is Cc1ccc(Oc2cnc(N)cn2)c([N+](=O)[O-])c1. The third-order valence-corrected chi connectivity index (χ3v) is 2.17. The number of nitro benzene ring substituents is 1. The van der Waals surface area contributed by atoms with E-state index in [0.29, 0.717) is 0 Å². The molecule has 0 aliphatic carbocycles. The maximum absolute atomic E-state index is 10.9. The zero-order valence-electron chi connectivity index (χ0n) is 9.53. The summed E-state index contributed by atoms with van der Waals surface area (Å²) in [6.07, 6.45) is 2.62. The van der Waals surface area contributed by atoms with E-state index in [1.165, 1.54) is 24.5 Å². The van der Waals surface area contributed by atoms with E-state index >= 15 is 0 Å². The molecule has 18 heavy (non-hydrogen) atoms. The number of rotatable bonds is 3. The molecular formula is C11H10N4O3. The number of aromatic nitrogens is 2. The quantitative estimate of drug-likeness (QED) is 0.656. The van der Waals surface area contributed by atoms with Crippen LogP contribution in [-0.4, -0.2) is 14.9 Å². The average Bonchev–Trinajstić information content (AvgIpc) is 2.34. The monoisotopic (exact) mass is 246 g/mol. The van der Waals surface area contributed by atoms with Crippen molar-refractivity contribution in [3.63, 3.8) is 0 Å². The first-order chi connectivity index (χ1) is 8.56. The Bertz CT molecular complexity index is 583. The molecule has 7 nitrogen and oxygen atoms in total. The fourth-order valence-electron chi connectivity index (χ4n) is 1.35. The summed E-state index contributed by atoms with van der Waals surface area (Å²) in [5.41, 5.74) is 6.04. The lowest BCUT2D eigenvalue weighted by Crippen LogP contribution is -1.97. The minimum absolute atomic E-state index is 0.115. The highest BCUT2D eigenvalue weighted by Gasteiger charge is 2.16. The fraction of sp³-hybridized carbons (Fsp3) is 0.0909. The number of aryl methyl sites for hydroxylation is 1. The summed E-state index contributed by atoms with van der Waals surface area (Å²) in [7, 11) is 0. The molecule has 0 amide bonds. The highest BCUT2D eigenvalue weighted by atomic mass is 16.6. The predicted molar refractivity (Wildman–Crippen MR) is 64.4 cm³/mol. The summed E-state index contributed by atoms with van der Waals surface area (Å²) in [4.78, 5) is 18.0. The van der Waals surface area contributed by atoms with Crippen molar-refractivity contribution in [2.45, 2.75) is 6.92 Å². The molecule has 0 fully saturated rings. The Morgan fingerprint density at radius 2 is 2.11 bits per heavy atom. The summed E-state index contributed by atoms with van der Waals surface area (Å²) >= 11 is 0. The molecule has 0 saturated carbocycles. The number of hydrogen-bond donors (Lipinski definition) is 1. The first kappa shape index (κ1) is 11.8. The summed E-state index contributed by atoms with van der Waals surface area (Å²) in [5, 5.41) is 10.9. The molecule has 2 N–H and O–H groups in total. The molecule has 0 spiro atoms. The van der Waals surface area contributed by atoms with Crippen molar-refractivity contribution in [3.8, 4) is 11.6 Å². The van der Waals surface area contributed by atoms with Crippen LogP contribution in [0.5, 0.6) is 11.6 Å². The molecule has 2 aromatic rings. The smallest absolute Gasteiger partial charge is 0.311 e. The molecule has 92 valence electrons. The van der Waals surface area contributed by atoms with E-state index in [0.717, 1.165) is 5.56 Å². The average molecular weight is 246 g/mol. The van der Waals surface area contributed by atoms with E-state index in [1.807, 2.05) is 0 Å². The Balaban J connectivity index is 2.34. The van der Waals surface area contributed by atoms with Crippen LogP contribution in [0.2, 0.25) is 0 Å². The van der Waals surface area contributed by atoms with Gasteiger partial charge in [0.2, 0.25) is 11.6 Å². The maximum atomic E-state index is 10.9. The molecule has 0 bridgehead atoms. The molecule has 0 aliphatic heterocycles. The minimum Gasteiger partial charge on any atom is -0.430 e. The van der Waals surface area contributed by atoms with Crippen molar-refractivity contribution in [2.24, 2.45) is 0 Å². The molecule has 0 aliphatic rings.